The van der Waals surface area contributed by atoms with Crippen LogP contribution in [0.5, 0.6) is 0 Å². The summed E-state index contributed by atoms with van der Waals surface area (Å²) in [4.78, 5) is 0. The number of allylic oxidation sites excluding steroid dienone is 4. The van der Waals surface area contributed by atoms with Gasteiger partial charge in [0.05, 0.1) is 0 Å². The molecule has 6 aromatic carbocycles. The Labute approximate surface area is 318 Å². The van der Waals surface area contributed by atoms with Crippen molar-refractivity contribution in [1.29, 1.82) is 0 Å². The third-order valence-corrected chi connectivity index (χ3v) is 18.1. The fourth-order valence-electron chi connectivity index (χ4n) is 8.03. The quantitative estimate of drug-likeness (QED) is 0.167. The number of halogens is 2. The molecular weight excluding hydrogens is 727 g/mol. The average Bonchev–Trinajstić information content (AvgIpc) is 3.74. The number of benzene rings is 6. The van der Waals surface area contributed by atoms with E-state index in [1.807, 2.05) is 0 Å². The first-order valence-electron chi connectivity index (χ1n) is 17.5. The fourth-order valence-corrected chi connectivity index (χ4v) is 17.1. The third kappa shape index (κ3) is 6.36. The van der Waals surface area contributed by atoms with Gasteiger partial charge in [0, 0.05) is 0 Å². The van der Waals surface area contributed by atoms with E-state index in [1.165, 1.54) is 60.5 Å². The average molecular weight is 773 g/mol. The summed E-state index contributed by atoms with van der Waals surface area (Å²) < 4.78 is 4.96. The van der Waals surface area contributed by atoms with E-state index in [2.05, 4.69) is 175 Å². The molecule has 0 unspecified atom stereocenters. The van der Waals surface area contributed by atoms with Crippen LogP contribution in [0.25, 0.3) is 32.7 Å². The molecule has 2 aliphatic rings. The van der Waals surface area contributed by atoms with Crippen LogP contribution >= 0.6 is 24.8 Å². The SMILES string of the molecule is CC(C)(C)c1ccc2c(c1)Cc1c-2ccc(C(C)(C)C)[c]1[Zr]([C]1=CC=CC1)=[C](c1cccc2ccccc12)c1cccc2ccccc12.Cl.Cl. The maximum atomic E-state index is 2.51. The molecule has 0 saturated carbocycles. The van der Waals surface area contributed by atoms with E-state index in [4.69, 9.17) is 0 Å². The van der Waals surface area contributed by atoms with Gasteiger partial charge in [0.15, 0.2) is 0 Å². The molecule has 0 aromatic heterocycles. The van der Waals surface area contributed by atoms with Crippen molar-refractivity contribution in [3.05, 3.63) is 170 Å². The van der Waals surface area contributed by atoms with E-state index >= 15 is 0 Å². The third-order valence-electron chi connectivity index (χ3n) is 10.5. The van der Waals surface area contributed by atoms with Crippen LogP contribution in [0.1, 0.15) is 81.3 Å². The summed E-state index contributed by atoms with van der Waals surface area (Å²) >= 11 is -2.97. The Balaban J connectivity index is 0.00000216. The summed E-state index contributed by atoms with van der Waals surface area (Å²) in [5, 5.41) is 5.34. The van der Waals surface area contributed by atoms with E-state index in [9.17, 15) is 0 Å². The first kappa shape index (κ1) is 36.4. The molecular formula is C47H46Cl2Zr. The van der Waals surface area contributed by atoms with Gasteiger partial charge in [-0.05, 0) is 0 Å². The molecule has 50 heavy (non-hydrogen) atoms. The smallest absolute Gasteiger partial charge is 0.147 e. The summed E-state index contributed by atoms with van der Waals surface area (Å²) in [5.74, 6) is 0. The van der Waals surface area contributed by atoms with Crippen LogP contribution in [0.3, 0.4) is 0 Å². The van der Waals surface area contributed by atoms with Gasteiger partial charge in [-0.3, -0.25) is 0 Å². The van der Waals surface area contributed by atoms with E-state index in [-0.39, 0.29) is 35.6 Å². The van der Waals surface area contributed by atoms with Crippen molar-refractivity contribution in [2.45, 2.75) is 65.2 Å². The van der Waals surface area contributed by atoms with Gasteiger partial charge >= 0.3 is 296 Å². The van der Waals surface area contributed by atoms with Gasteiger partial charge in [0.2, 0.25) is 0 Å². The molecule has 0 spiro atoms. The zero-order chi connectivity index (χ0) is 33.2. The van der Waals surface area contributed by atoms with Crippen molar-refractivity contribution in [3.63, 3.8) is 0 Å². The maximum Gasteiger partial charge on any atom is -0.147 e. The molecule has 2 aliphatic carbocycles. The van der Waals surface area contributed by atoms with E-state index < -0.39 is 21.3 Å². The van der Waals surface area contributed by atoms with Gasteiger partial charge in [0.25, 0.3) is 0 Å². The number of fused-ring (bicyclic) bond motifs is 5. The Morgan fingerprint density at radius 3 is 1.74 bits per heavy atom. The topological polar surface area (TPSA) is 0 Å². The largest absolute Gasteiger partial charge is 0.147 e. The van der Waals surface area contributed by atoms with E-state index in [0.717, 1.165) is 12.8 Å². The van der Waals surface area contributed by atoms with Gasteiger partial charge in [-0.15, -0.1) is 24.8 Å². The zero-order valence-electron chi connectivity index (χ0n) is 29.9. The molecule has 0 amide bonds. The van der Waals surface area contributed by atoms with E-state index in [0.29, 0.717) is 0 Å². The molecule has 0 heterocycles. The summed E-state index contributed by atoms with van der Waals surface area (Å²) in [7, 11) is 0. The summed E-state index contributed by atoms with van der Waals surface area (Å²) in [6.45, 7) is 14.3. The van der Waals surface area contributed by atoms with Gasteiger partial charge in [-0.25, -0.2) is 0 Å². The summed E-state index contributed by atoms with van der Waals surface area (Å²) in [5.41, 5.74) is 11.9. The predicted octanol–water partition coefficient (Wildman–Crippen LogP) is 12.4. The van der Waals surface area contributed by atoms with Crippen molar-refractivity contribution >= 4 is 52.8 Å². The second-order valence-electron chi connectivity index (χ2n) is 15.7. The normalized spacial score (nSPS) is 13.4. The maximum absolute atomic E-state index is 2.97. The Morgan fingerprint density at radius 1 is 0.600 bits per heavy atom. The van der Waals surface area contributed by atoms with Crippen molar-refractivity contribution in [3.8, 4) is 11.1 Å². The van der Waals surface area contributed by atoms with Crippen LogP contribution in [0.4, 0.5) is 0 Å². The molecule has 0 atom stereocenters. The minimum absolute atomic E-state index is 0. The van der Waals surface area contributed by atoms with Crippen LogP contribution in [0, 0.1) is 0 Å². The second kappa shape index (κ2) is 14.0. The van der Waals surface area contributed by atoms with Crippen molar-refractivity contribution in [2.75, 3.05) is 0 Å². The van der Waals surface area contributed by atoms with Crippen LogP contribution in [0.15, 0.2) is 137 Å². The molecule has 8 rings (SSSR count). The van der Waals surface area contributed by atoms with Gasteiger partial charge in [-0.1, -0.05) is 0 Å². The molecule has 0 fully saturated rings. The van der Waals surface area contributed by atoms with E-state index in [1.54, 1.807) is 15.3 Å². The molecule has 6 aromatic rings. The van der Waals surface area contributed by atoms with Gasteiger partial charge < -0.3 is 0 Å². The first-order chi connectivity index (χ1) is 23.1. The van der Waals surface area contributed by atoms with Gasteiger partial charge in [0.1, 0.15) is 0 Å². The van der Waals surface area contributed by atoms with Crippen molar-refractivity contribution in [2.24, 2.45) is 0 Å². The molecule has 252 valence electrons. The molecule has 0 bridgehead atoms. The number of hydrogen-bond donors (Lipinski definition) is 0. The monoisotopic (exact) mass is 770 g/mol. The second-order valence-corrected chi connectivity index (χ2v) is 21.6. The molecule has 3 heteroatoms. The Morgan fingerprint density at radius 2 is 1.18 bits per heavy atom. The van der Waals surface area contributed by atoms with Crippen LogP contribution in [0.2, 0.25) is 0 Å². The summed E-state index contributed by atoms with van der Waals surface area (Å²) in [6, 6.07) is 44.3. The Kier molecular flexibility index (Phi) is 10.2. The van der Waals surface area contributed by atoms with Crippen LogP contribution in [-0.2, 0) is 38.5 Å². The first-order valence-corrected chi connectivity index (χ1v) is 21.2. The molecule has 0 nitrogen and oxygen atoms in total. The van der Waals surface area contributed by atoms with Gasteiger partial charge in [-0.2, -0.15) is 0 Å². The number of rotatable bonds is 4. The Hall–Kier alpha value is -3.35. The standard InChI is InChI=1S/C21H14.C21H25.C5H5.2ClH.Zr/c1-3-13-20-16(7-1)9-5-11-18(20)15-19-12-6-10-17-8-2-4-14-21(17)19;1-20(2,3)16-7-9-18-14(12-16)11-15-13-17(21(4,5)6)8-10-19(15)18;1-2-4-5-3-1;;;/h1-14H;7-10,12H,11H2,1-6H3;1-3H,4H2;2*1H;. The Bertz CT molecular complexity index is 2270. The number of hydrogen-bond acceptors (Lipinski definition) is 0. The molecule has 0 saturated heterocycles. The molecule has 0 N–H and O–H groups in total. The van der Waals surface area contributed by atoms with Crippen LogP contribution in [-0.4, -0.2) is 3.21 Å². The molecule has 0 aliphatic heterocycles. The minimum atomic E-state index is -2.97. The zero-order valence-corrected chi connectivity index (χ0v) is 34.0. The predicted molar refractivity (Wildman–Crippen MR) is 219 cm³/mol. The van der Waals surface area contributed by atoms with Crippen molar-refractivity contribution in [1.82, 2.24) is 0 Å². The van der Waals surface area contributed by atoms with Crippen LogP contribution < -0.4 is 3.27 Å². The van der Waals surface area contributed by atoms with Crippen molar-refractivity contribution < 1.29 is 21.3 Å². The molecule has 0 radical (unpaired) electrons. The fraction of sp³-hybridized carbons (Fsp3) is 0.213. The minimum Gasteiger partial charge on any atom is -0.147 e. The summed E-state index contributed by atoms with van der Waals surface area (Å²) in [6.07, 6.45) is 9.27.